The Morgan fingerprint density at radius 1 is 0.706 bits per heavy atom. The van der Waals surface area contributed by atoms with Crippen LogP contribution in [0.25, 0.3) is 0 Å². The second-order valence-corrected chi connectivity index (χ2v) is 8.42. The van der Waals surface area contributed by atoms with Crippen LogP contribution in [0.2, 0.25) is 0 Å². The van der Waals surface area contributed by atoms with Gasteiger partial charge in [-0.25, -0.2) is 9.97 Å². The smallest absolute Gasteiger partial charge is 0.224 e. The molecule has 34 heavy (non-hydrogen) atoms. The second kappa shape index (κ2) is 10.6. The number of amides is 1. The number of benzene rings is 3. The summed E-state index contributed by atoms with van der Waals surface area (Å²) in [5.74, 6) is 2.07. The van der Waals surface area contributed by atoms with Crippen molar-refractivity contribution in [2.45, 2.75) is 33.6 Å². The van der Waals surface area contributed by atoms with Crippen LogP contribution in [0.5, 0.6) is 0 Å². The lowest BCUT2D eigenvalue weighted by Crippen LogP contribution is -2.12. The fourth-order valence-electron chi connectivity index (χ4n) is 3.61. The highest BCUT2D eigenvalue weighted by Crippen LogP contribution is 2.22. The zero-order valence-corrected chi connectivity index (χ0v) is 19.7. The molecule has 0 unspecified atom stereocenters. The summed E-state index contributed by atoms with van der Waals surface area (Å²) in [5.41, 5.74) is 6.19. The van der Waals surface area contributed by atoms with Crippen LogP contribution in [0.15, 0.2) is 78.9 Å². The van der Waals surface area contributed by atoms with Crippen molar-refractivity contribution in [3.8, 4) is 0 Å². The van der Waals surface area contributed by atoms with Crippen LogP contribution >= 0.6 is 0 Å². The van der Waals surface area contributed by atoms with E-state index < -0.39 is 0 Å². The van der Waals surface area contributed by atoms with E-state index in [9.17, 15) is 4.79 Å². The first-order valence-corrected chi connectivity index (χ1v) is 11.3. The van der Waals surface area contributed by atoms with Crippen molar-refractivity contribution in [1.29, 1.82) is 0 Å². The number of carbonyl (C=O) groups is 1. The summed E-state index contributed by atoms with van der Waals surface area (Å²) < 4.78 is 0. The molecular formula is C28H29N5O. The van der Waals surface area contributed by atoms with Crippen molar-refractivity contribution in [3.63, 3.8) is 0 Å². The van der Waals surface area contributed by atoms with E-state index in [2.05, 4.69) is 70.1 Å². The molecule has 1 aromatic heterocycles. The first-order valence-electron chi connectivity index (χ1n) is 11.3. The van der Waals surface area contributed by atoms with Gasteiger partial charge in [-0.15, -0.1) is 0 Å². The highest BCUT2D eigenvalue weighted by atomic mass is 16.1. The highest BCUT2D eigenvalue weighted by molar-refractivity contribution is 5.91. The molecule has 3 aromatic carbocycles. The molecule has 0 saturated heterocycles. The molecule has 4 aromatic rings. The molecule has 3 N–H and O–H groups in total. The number of aromatic nitrogens is 2. The molecule has 1 heterocycles. The third-order valence-corrected chi connectivity index (χ3v) is 5.33. The molecule has 0 aliphatic carbocycles. The molecule has 0 radical (unpaired) electrons. The average Bonchev–Trinajstić information content (AvgIpc) is 2.80. The van der Waals surface area contributed by atoms with Crippen molar-refractivity contribution >= 4 is 34.6 Å². The monoisotopic (exact) mass is 451 g/mol. The van der Waals surface area contributed by atoms with Gasteiger partial charge >= 0.3 is 0 Å². The van der Waals surface area contributed by atoms with E-state index in [0.29, 0.717) is 18.1 Å². The summed E-state index contributed by atoms with van der Waals surface area (Å²) in [4.78, 5) is 21.3. The summed E-state index contributed by atoms with van der Waals surface area (Å²) >= 11 is 0. The maximum atomic E-state index is 12.3. The van der Waals surface area contributed by atoms with E-state index in [1.165, 1.54) is 16.7 Å². The lowest BCUT2D eigenvalue weighted by atomic mass is 10.1. The molecule has 0 bridgehead atoms. The van der Waals surface area contributed by atoms with Crippen molar-refractivity contribution < 1.29 is 4.79 Å². The molecule has 6 heteroatoms. The number of nitrogens with zero attached hydrogens (tertiary/aromatic N) is 2. The lowest BCUT2D eigenvalue weighted by Gasteiger charge is -2.11. The van der Waals surface area contributed by atoms with Gasteiger partial charge in [0.25, 0.3) is 0 Å². The Hall–Kier alpha value is -4.19. The van der Waals surface area contributed by atoms with E-state index in [1.54, 1.807) is 0 Å². The Morgan fingerprint density at radius 3 is 1.91 bits per heavy atom. The molecule has 0 atom stereocenters. The standard InChI is InChI=1S/C28H29N5O/c1-19-7-10-23(11-8-19)31-26-18-27(30-21(3)29-26)32-24-12-14-25(15-13-24)33-28(34)16-9-22-6-4-5-20(2)17-22/h4-8,10-15,17-18H,9,16H2,1-3H3,(H,33,34)(H2,29,30,31,32). The van der Waals surface area contributed by atoms with E-state index in [1.807, 2.05) is 55.5 Å². The van der Waals surface area contributed by atoms with Gasteiger partial charge in [-0.05, 0) is 69.2 Å². The zero-order chi connectivity index (χ0) is 23.9. The maximum absolute atomic E-state index is 12.3. The molecule has 0 saturated carbocycles. The molecular weight excluding hydrogens is 422 g/mol. The van der Waals surface area contributed by atoms with E-state index in [4.69, 9.17) is 0 Å². The topological polar surface area (TPSA) is 78.9 Å². The van der Waals surface area contributed by atoms with Crippen molar-refractivity contribution in [2.75, 3.05) is 16.0 Å². The van der Waals surface area contributed by atoms with E-state index >= 15 is 0 Å². The van der Waals surface area contributed by atoms with Gasteiger partial charge in [0, 0.05) is 29.5 Å². The first-order chi connectivity index (χ1) is 16.4. The van der Waals surface area contributed by atoms with Gasteiger partial charge in [-0.2, -0.15) is 0 Å². The maximum Gasteiger partial charge on any atom is 0.224 e. The van der Waals surface area contributed by atoms with Gasteiger partial charge in [0.2, 0.25) is 5.91 Å². The highest BCUT2D eigenvalue weighted by Gasteiger charge is 2.06. The number of hydrogen-bond acceptors (Lipinski definition) is 5. The van der Waals surface area contributed by atoms with Gasteiger partial charge in [0.1, 0.15) is 17.5 Å². The average molecular weight is 452 g/mol. The molecule has 0 aliphatic rings. The van der Waals surface area contributed by atoms with Crippen molar-refractivity contribution in [3.05, 3.63) is 101 Å². The third kappa shape index (κ3) is 6.65. The van der Waals surface area contributed by atoms with E-state index in [-0.39, 0.29) is 5.91 Å². The lowest BCUT2D eigenvalue weighted by molar-refractivity contribution is -0.116. The second-order valence-electron chi connectivity index (χ2n) is 8.42. The van der Waals surface area contributed by atoms with Crippen LogP contribution in [-0.4, -0.2) is 15.9 Å². The van der Waals surface area contributed by atoms with Gasteiger partial charge in [-0.3, -0.25) is 4.79 Å². The molecule has 0 spiro atoms. The van der Waals surface area contributed by atoms with Crippen LogP contribution in [0, 0.1) is 20.8 Å². The predicted octanol–water partition coefficient (Wildman–Crippen LogP) is 6.46. The van der Waals surface area contributed by atoms with Gasteiger partial charge in [-0.1, -0.05) is 47.5 Å². The summed E-state index contributed by atoms with van der Waals surface area (Å²) in [7, 11) is 0. The number of nitrogens with one attached hydrogen (secondary N) is 3. The SMILES string of the molecule is Cc1ccc(Nc2cc(Nc3ccc(NC(=O)CCc4cccc(C)c4)cc3)nc(C)n2)cc1. The number of rotatable bonds is 8. The fourth-order valence-corrected chi connectivity index (χ4v) is 3.61. The Bertz CT molecular complexity index is 1270. The van der Waals surface area contributed by atoms with Gasteiger partial charge < -0.3 is 16.0 Å². The van der Waals surface area contributed by atoms with Crippen molar-refractivity contribution in [2.24, 2.45) is 0 Å². The summed E-state index contributed by atoms with van der Waals surface area (Å²) in [6.45, 7) is 5.98. The molecule has 0 aliphatic heterocycles. The summed E-state index contributed by atoms with van der Waals surface area (Å²) in [5, 5.41) is 9.59. The predicted molar refractivity (Wildman–Crippen MR) is 139 cm³/mol. The van der Waals surface area contributed by atoms with Crippen molar-refractivity contribution in [1.82, 2.24) is 9.97 Å². The summed E-state index contributed by atoms with van der Waals surface area (Å²) in [6, 6.07) is 25.9. The van der Waals surface area contributed by atoms with Gasteiger partial charge in [0.15, 0.2) is 0 Å². The number of carbonyl (C=O) groups excluding carboxylic acids is 1. The Morgan fingerprint density at radius 2 is 1.29 bits per heavy atom. The normalized spacial score (nSPS) is 10.6. The largest absolute Gasteiger partial charge is 0.340 e. The van der Waals surface area contributed by atoms with Crippen LogP contribution in [-0.2, 0) is 11.2 Å². The van der Waals surface area contributed by atoms with Crippen LogP contribution in [0.4, 0.5) is 28.7 Å². The number of aryl methyl sites for hydroxylation is 4. The fraction of sp³-hybridized carbons (Fsp3) is 0.179. The third-order valence-electron chi connectivity index (χ3n) is 5.33. The Balaban J connectivity index is 1.34. The number of anilines is 5. The minimum absolute atomic E-state index is 0.000428. The van der Waals surface area contributed by atoms with Crippen LogP contribution in [0.1, 0.15) is 28.9 Å². The molecule has 4 rings (SSSR count). The van der Waals surface area contributed by atoms with Crippen LogP contribution < -0.4 is 16.0 Å². The van der Waals surface area contributed by atoms with Crippen LogP contribution in [0.3, 0.4) is 0 Å². The minimum Gasteiger partial charge on any atom is -0.340 e. The number of hydrogen-bond donors (Lipinski definition) is 3. The Labute approximate surface area is 200 Å². The first kappa shape index (κ1) is 23.0. The van der Waals surface area contributed by atoms with Gasteiger partial charge in [0.05, 0.1) is 0 Å². The molecule has 6 nitrogen and oxygen atoms in total. The summed E-state index contributed by atoms with van der Waals surface area (Å²) in [6.07, 6.45) is 1.17. The van der Waals surface area contributed by atoms with E-state index in [0.717, 1.165) is 29.3 Å². The molecule has 0 fully saturated rings. The molecule has 1 amide bonds. The minimum atomic E-state index is 0.000428. The quantitative estimate of drug-likeness (QED) is 0.286. The Kier molecular flexibility index (Phi) is 7.18. The zero-order valence-electron chi connectivity index (χ0n) is 19.7. The molecule has 172 valence electrons.